The Bertz CT molecular complexity index is 464. The Morgan fingerprint density at radius 3 is 2.76 bits per heavy atom. The van der Waals surface area contributed by atoms with Gasteiger partial charge in [-0.1, -0.05) is 36.7 Å². The SMILES string of the molecule is CCC(N)Cc1cc(OCC(=O)NCC(C)C)ccc1Br. The highest BCUT2D eigenvalue weighted by molar-refractivity contribution is 9.10. The summed E-state index contributed by atoms with van der Waals surface area (Å²) < 4.78 is 6.55. The summed E-state index contributed by atoms with van der Waals surface area (Å²) in [6, 6.07) is 5.85. The van der Waals surface area contributed by atoms with Gasteiger partial charge in [-0.25, -0.2) is 0 Å². The first-order chi connectivity index (χ1) is 9.92. The largest absolute Gasteiger partial charge is 0.484 e. The fraction of sp³-hybridized carbons (Fsp3) is 0.562. The Balaban J connectivity index is 2.55. The zero-order valence-electron chi connectivity index (χ0n) is 13.0. The lowest BCUT2D eigenvalue weighted by Gasteiger charge is -2.13. The minimum absolute atomic E-state index is 0.0353. The molecule has 1 unspecified atom stereocenters. The van der Waals surface area contributed by atoms with Crippen LogP contribution < -0.4 is 15.8 Å². The third kappa shape index (κ3) is 6.96. The second-order valence-corrected chi connectivity index (χ2v) is 6.47. The van der Waals surface area contributed by atoms with Crippen LogP contribution in [0.3, 0.4) is 0 Å². The molecule has 0 fully saturated rings. The molecular weight excluding hydrogens is 332 g/mol. The molecule has 5 heteroatoms. The lowest BCUT2D eigenvalue weighted by Crippen LogP contribution is -2.31. The number of carbonyl (C=O) groups excluding carboxylic acids is 1. The zero-order chi connectivity index (χ0) is 15.8. The van der Waals surface area contributed by atoms with Gasteiger partial charge in [0.15, 0.2) is 6.61 Å². The van der Waals surface area contributed by atoms with Crippen molar-refractivity contribution in [3.05, 3.63) is 28.2 Å². The monoisotopic (exact) mass is 356 g/mol. The van der Waals surface area contributed by atoms with Crippen LogP contribution in [0.2, 0.25) is 0 Å². The van der Waals surface area contributed by atoms with E-state index in [0.29, 0.717) is 18.2 Å². The summed E-state index contributed by atoms with van der Waals surface area (Å²) >= 11 is 3.52. The van der Waals surface area contributed by atoms with Gasteiger partial charge < -0.3 is 15.8 Å². The van der Waals surface area contributed by atoms with Crippen molar-refractivity contribution in [2.45, 2.75) is 39.7 Å². The summed E-state index contributed by atoms with van der Waals surface area (Å²) in [6.45, 7) is 6.88. The Morgan fingerprint density at radius 1 is 1.43 bits per heavy atom. The van der Waals surface area contributed by atoms with Gasteiger partial charge in [0, 0.05) is 17.1 Å². The van der Waals surface area contributed by atoms with Crippen molar-refractivity contribution in [2.24, 2.45) is 11.7 Å². The van der Waals surface area contributed by atoms with E-state index in [-0.39, 0.29) is 18.6 Å². The molecule has 0 heterocycles. The molecule has 0 bridgehead atoms. The van der Waals surface area contributed by atoms with Crippen molar-refractivity contribution < 1.29 is 9.53 Å². The first-order valence-electron chi connectivity index (χ1n) is 7.35. The second kappa shape index (κ2) is 9.05. The molecule has 21 heavy (non-hydrogen) atoms. The van der Waals surface area contributed by atoms with E-state index >= 15 is 0 Å². The Kier molecular flexibility index (Phi) is 7.75. The van der Waals surface area contributed by atoms with E-state index in [2.05, 4.69) is 42.0 Å². The van der Waals surface area contributed by atoms with Gasteiger partial charge >= 0.3 is 0 Å². The molecular formula is C16H25BrN2O2. The van der Waals surface area contributed by atoms with Gasteiger partial charge in [0.25, 0.3) is 5.91 Å². The average molecular weight is 357 g/mol. The molecule has 1 rings (SSSR count). The highest BCUT2D eigenvalue weighted by atomic mass is 79.9. The minimum Gasteiger partial charge on any atom is -0.484 e. The Hall–Kier alpha value is -1.07. The van der Waals surface area contributed by atoms with Crippen LogP contribution in [0, 0.1) is 5.92 Å². The van der Waals surface area contributed by atoms with Crippen LogP contribution >= 0.6 is 15.9 Å². The van der Waals surface area contributed by atoms with Crippen LogP contribution in [-0.2, 0) is 11.2 Å². The Morgan fingerprint density at radius 2 is 2.14 bits per heavy atom. The van der Waals surface area contributed by atoms with Gasteiger partial charge in [-0.05, 0) is 42.5 Å². The van der Waals surface area contributed by atoms with Crippen LogP contribution in [0.5, 0.6) is 5.75 Å². The van der Waals surface area contributed by atoms with Crippen molar-refractivity contribution in [3.63, 3.8) is 0 Å². The normalized spacial score (nSPS) is 12.3. The zero-order valence-corrected chi connectivity index (χ0v) is 14.6. The molecule has 1 aromatic rings. The third-order valence-electron chi connectivity index (χ3n) is 3.10. The predicted octanol–water partition coefficient (Wildman–Crippen LogP) is 2.88. The molecule has 1 atom stereocenters. The fourth-order valence-electron chi connectivity index (χ4n) is 1.74. The summed E-state index contributed by atoms with van der Waals surface area (Å²) in [4.78, 5) is 11.6. The van der Waals surface area contributed by atoms with Crippen molar-refractivity contribution >= 4 is 21.8 Å². The number of benzene rings is 1. The summed E-state index contributed by atoms with van der Waals surface area (Å²) in [5, 5.41) is 2.83. The molecule has 118 valence electrons. The van der Waals surface area contributed by atoms with Gasteiger partial charge in [-0.15, -0.1) is 0 Å². The molecule has 0 aromatic heterocycles. The van der Waals surface area contributed by atoms with Gasteiger partial charge in [-0.2, -0.15) is 0 Å². The van der Waals surface area contributed by atoms with Crippen LogP contribution in [-0.4, -0.2) is 25.1 Å². The quantitative estimate of drug-likeness (QED) is 0.752. The summed E-state index contributed by atoms with van der Waals surface area (Å²) in [7, 11) is 0. The second-order valence-electron chi connectivity index (χ2n) is 5.61. The number of ether oxygens (including phenoxy) is 1. The predicted molar refractivity (Wildman–Crippen MR) is 89.5 cm³/mol. The lowest BCUT2D eigenvalue weighted by molar-refractivity contribution is -0.123. The van der Waals surface area contributed by atoms with E-state index in [1.165, 1.54) is 0 Å². The minimum atomic E-state index is -0.0987. The van der Waals surface area contributed by atoms with E-state index < -0.39 is 0 Å². The topological polar surface area (TPSA) is 64.3 Å². The van der Waals surface area contributed by atoms with E-state index in [9.17, 15) is 4.79 Å². The first kappa shape index (κ1) is 18.0. The molecule has 0 aliphatic carbocycles. The standard InChI is InChI=1S/C16H25BrN2O2/c1-4-13(18)7-12-8-14(5-6-15(12)17)21-10-16(20)19-9-11(2)3/h5-6,8,11,13H,4,7,9-10,18H2,1-3H3,(H,19,20). The van der Waals surface area contributed by atoms with E-state index in [1.54, 1.807) is 0 Å². The van der Waals surface area contributed by atoms with Crippen molar-refractivity contribution in [1.82, 2.24) is 5.32 Å². The fourth-order valence-corrected chi connectivity index (χ4v) is 2.15. The highest BCUT2D eigenvalue weighted by Crippen LogP contribution is 2.24. The number of hydrogen-bond acceptors (Lipinski definition) is 3. The molecule has 0 aliphatic rings. The van der Waals surface area contributed by atoms with E-state index in [1.807, 2.05) is 18.2 Å². The highest BCUT2D eigenvalue weighted by Gasteiger charge is 2.08. The van der Waals surface area contributed by atoms with Crippen molar-refractivity contribution in [1.29, 1.82) is 0 Å². The number of rotatable bonds is 8. The van der Waals surface area contributed by atoms with E-state index in [4.69, 9.17) is 10.5 Å². The van der Waals surface area contributed by atoms with Gasteiger partial charge in [-0.3, -0.25) is 4.79 Å². The number of halogens is 1. The van der Waals surface area contributed by atoms with Gasteiger partial charge in [0.1, 0.15) is 5.75 Å². The maximum atomic E-state index is 11.6. The van der Waals surface area contributed by atoms with Gasteiger partial charge in [0.05, 0.1) is 0 Å². The van der Waals surface area contributed by atoms with Crippen LogP contribution in [0.25, 0.3) is 0 Å². The molecule has 4 nitrogen and oxygen atoms in total. The number of nitrogens with one attached hydrogen (secondary N) is 1. The van der Waals surface area contributed by atoms with Crippen LogP contribution in [0.4, 0.5) is 0 Å². The molecule has 0 radical (unpaired) electrons. The molecule has 0 saturated heterocycles. The smallest absolute Gasteiger partial charge is 0.257 e. The average Bonchev–Trinajstić information content (AvgIpc) is 2.45. The maximum Gasteiger partial charge on any atom is 0.257 e. The number of nitrogens with two attached hydrogens (primary N) is 1. The number of amides is 1. The summed E-state index contributed by atoms with van der Waals surface area (Å²) in [6.07, 6.45) is 1.71. The van der Waals surface area contributed by atoms with Gasteiger partial charge in [0.2, 0.25) is 0 Å². The lowest BCUT2D eigenvalue weighted by atomic mass is 10.0. The molecule has 0 spiro atoms. The molecule has 0 aliphatic heterocycles. The summed E-state index contributed by atoms with van der Waals surface area (Å²) in [5.41, 5.74) is 7.09. The maximum absolute atomic E-state index is 11.6. The van der Waals surface area contributed by atoms with E-state index in [0.717, 1.165) is 22.9 Å². The molecule has 1 amide bonds. The number of carbonyl (C=O) groups is 1. The van der Waals surface area contributed by atoms with Crippen molar-refractivity contribution in [2.75, 3.05) is 13.2 Å². The Labute approximate surface area is 135 Å². The first-order valence-corrected chi connectivity index (χ1v) is 8.15. The van der Waals surface area contributed by atoms with Crippen LogP contribution in [0.15, 0.2) is 22.7 Å². The molecule has 3 N–H and O–H groups in total. The van der Waals surface area contributed by atoms with Crippen molar-refractivity contribution in [3.8, 4) is 5.75 Å². The summed E-state index contributed by atoms with van der Waals surface area (Å²) in [5.74, 6) is 1.03. The molecule has 0 saturated carbocycles. The third-order valence-corrected chi connectivity index (χ3v) is 3.87. The van der Waals surface area contributed by atoms with Crippen LogP contribution in [0.1, 0.15) is 32.8 Å². The molecule has 1 aromatic carbocycles. The number of hydrogen-bond donors (Lipinski definition) is 2.